The topological polar surface area (TPSA) is 72.9 Å². The lowest BCUT2D eigenvalue weighted by Gasteiger charge is -2.25. The van der Waals surface area contributed by atoms with Crippen molar-refractivity contribution in [3.8, 4) is 0 Å². The largest absolute Gasteiger partial charge is 0.480 e. The zero-order chi connectivity index (χ0) is 15.6. The summed E-state index contributed by atoms with van der Waals surface area (Å²) >= 11 is 0. The number of hydrogen-bond acceptors (Lipinski definition) is 3. The third kappa shape index (κ3) is 3.16. The molecule has 2 rings (SSSR count). The molecule has 1 heterocycles. The van der Waals surface area contributed by atoms with Gasteiger partial charge in [-0.15, -0.1) is 0 Å². The number of hydrogen-bond donors (Lipinski definition) is 2. The highest BCUT2D eigenvalue weighted by atomic mass is 16.4. The normalized spacial score (nSPS) is 18.5. The van der Waals surface area contributed by atoms with E-state index in [-0.39, 0.29) is 12.1 Å². The monoisotopic (exact) mass is 291 g/mol. The standard InChI is InChI=1S/C15H21N3O3/c1-10(17(2)3)9-16-15(21)18-12-7-5-4-6-11(12)8-13(18)14(19)20/h4-7,10,13H,8-9H2,1-3H3,(H,16,21)(H,19,20). The number of carboxylic acid groups (broad SMARTS) is 1. The van der Waals surface area contributed by atoms with E-state index in [2.05, 4.69) is 5.32 Å². The molecule has 1 aliphatic rings. The van der Waals surface area contributed by atoms with Gasteiger partial charge in [0, 0.05) is 24.7 Å². The van der Waals surface area contributed by atoms with E-state index < -0.39 is 12.0 Å². The van der Waals surface area contributed by atoms with Crippen molar-refractivity contribution in [2.45, 2.75) is 25.4 Å². The molecule has 2 N–H and O–H groups in total. The highest BCUT2D eigenvalue weighted by Gasteiger charge is 2.38. The van der Waals surface area contributed by atoms with Crippen LogP contribution in [0.2, 0.25) is 0 Å². The van der Waals surface area contributed by atoms with E-state index in [1.54, 1.807) is 6.07 Å². The van der Waals surface area contributed by atoms with E-state index in [1.165, 1.54) is 4.90 Å². The summed E-state index contributed by atoms with van der Waals surface area (Å²) in [4.78, 5) is 27.1. The quantitative estimate of drug-likeness (QED) is 0.873. The van der Waals surface area contributed by atoms with Gasteiger partial charge in [-0.05, 0) is 32.6 Å². The molecule has 0 radical (unpaired) electrons. The Morgan fingerprint density at radius 2 is 2.10 bits per heavy atom. The second kappa shape index (κ2) is 6.13. The number of fused-ring (bicyclic) bond motifs is 1. The maximum Gasteiger partial charge on any atom is 0.327 e. The molecule has 0 bridgehead atoms. The van der Waals surface area contributed by atoms with Crippen LogP contribution in [-0.2, 0) is 11.2 Å². The number of carboxylic acids is 1. The van der Waals surface area contributed by atoms with Gasteiger partial charge < -0.3 is 15.3 Å². The van der Waals surface area contributed by atoms with Crippen molar-refractivity contribution in [1.82, 2.24) is 10.2 Å². The molecule has 0 saturated heterocycles. The average Bonchev–Trinajstić information content (AvgIpc) is 2.83. The average molecular weight is 291 g/mol. The third-order valence-electron chi connectivity index (χ3n) is 3.91. The number of aliphatic carboxylic acids is 1. The van der Waals surface area contributed by atoms with Crippen LogP contribution in [0.4, 0.5) is 10.5 Å². The van der Waals surface area contributed by atoms with Crippen molar-refractivity contribution in [3.63, 3.8) is 0 Å². The molecule has 21 heavy (non-hydrogen) atoms. The molecule has 0 aromatic heterocycles. The van der Waals surface area contributed by atoms with E-state index in [0.717, 1.165) is 5.56 Å². The molecule has 114 valence electrons. The predicted octanol–water partition coefficient (Wildman–Crippen LogP) is 1.16. The van der Waals surface area contributed by atoms with Crippen molar-refractivity contribution >= 4 is 17.7 Å². The van der Waals surface area contributed by atoms with Gasteiger partial charge in [0.2, 0.25) is 0 Å². The summed E-state index contributed by atoms with van der Waals surface area (Å²) in [6, 6.07) is 6.29. The summed E-state index contributed by atoms with van der Waals surface area (Å²) in [6.45, 7) is 2.46. The van der Waals surface area contributed by atoms with Crippen LogP contribution in [0.3, 0.4) is 0 Å². The summed E-state index contributed by atoms with van der Waals surface area (Å²) in [5, 5.41) is 12.2. The Kier molecular flexibility index (Phi) is 4.47. The van der Waals surface area contributed by atoms with Crippen molar-refractivity contribution in [2.24, 2.45) is 0 Å². The fraction of sp³-hybridized carbons (Fsp3) is 0.467. The predicted molar refractivity (Wildman–Crippen MR) is 80.6 cm³/mol. The molecule has 1 aromatic rings. The van der Waals surface area contributed by atoms with E-state index in [0.29, 0.717) is 18.7 Å². The molecular formula is C15H21N3O3. The second-order valence-corrected chi connectivity index (χ2v) is 5.56. The summed E-state index contributed by atoms with van der Waals surface area (Å²) in [6.07, 6.45) is 0.349. The second-order valence-electron chi connectivity index (χ2n) is 5.56. The summed E-state index contributed by atoms with van der Waals surface area (Å²) in [7, 11) is 3.87. The maximum atomic E-state index is 12.4. The molecule has 0 saturated carbocycles. The van der Waals surface area contributed by atoms with Gasteiger partial charge in [-0.2, -0.15) is 0 Å². The van der Waals surface area contributed by atoms with Gasteiger partial charge in [0.1, 0.15) is 6.04 Å². The van der Waals surface area contributed by atoms with Gasteiger partial charge in [0.15, 0.2) is 0 Å². The fourth-order valence-electron chi connectivity index (χ4n) is 2.34. The SMILES string of the molecule is CC(CNC(=O)N1c2ccccc2CC1C(=O)O)N(C)C. The Hall–Kier alpha value is -2.08. The Morgan fingerprint density at radius 3 is 2.71 bits per heavy atom. The van der Waals surface area contributed by atoms with Gasteiger partial charge in [0.25, 0.3) is 0 Å². The first-order valence-electron chi connectivity index (χ1n) is 6.96. The number of para-hydroxylation sites is 1. The smallest absolute Gasteiger partial charge is 0.327 e. The highest BCUT2D eigenvalue weighted by molar-refractivity contribution is 6.01. The minimum absolute atomic E-state index is 0.176. The zero-order valence-corrected chi connectivity index (χ0v) is 12.5. The molecule has 0 fully saturated rings. The van der Waals surface area contributed by atoms with E-state index in [4.69, 9.17) is 0 Å². The lowest BCUT2D eigenvalue weighted by molar-refractivity contribution is -0.138. The number of carbonyl (C=O) groups is 2. The number of amides is 2. The number of urea groups is 1. The minimum atomic E-state index is -0.984. The number of carbonyl (C=O) groups excluding carboxylic acids is 1. The van der Waals surface area contributed by atoms with Crippen LogP contribution in [0.5, 0.6) is 0 Å². The molecular weight excluding hydrogens is 270 g/mol. The van der Waals surface area contributed by atoms with Crippen LogP contribution in [0.15, 0.2) is 24.3 Å². The Balaban J connectivity index is 2.15. The molecule has 2 unspecified atom stereocenters. The molecule has 0 spiro atoms. The molecule has 1 aliphatic heterocycles. The first kappa shape index (κ1) is 15.3. The number of nitrogens with zero attached hydrogens (tertiary/aromatic N) is 2. The maximum absolute atomic E-state index is 12.4. The van der Waals surface area contributed by atoms with E-state index in [9.17, 15) is 14.7 Å². The molecule has 1 aromatic carbocycles. The van der Waals surface area contributed by atoms with Crippen LogP contribution in [0.1, 0.15) is 12.5 Å². The van der Waals surface area contributed by atoms with Gasteiger partial charge in [-0.1, -0.05) is 18.2 Å². The van der Waals surface area contributed by atoms with Gasteiger partial charge in [-0.3, -0.25) is 4.90 Å². The Labute approximate surface area is 124 Å². The lowest BCUT2D eigenvalue weighted by atomic mass is 10.1. The first-order chi connectivity index (χ1) is 9.91. The van der Waals surface area contributed by atoms with Crippen molar-refractivity contribution in [3.05, 3.63) is 29.8 Å². The Morgan fingerprint density at radius 1 is 1.43 bits per heavy atom. The van der Waals surface area contributed by atoms with Gasteiger partial charge in [0.05, 0.1) is 0 Å². The molecule has 0 aliphatic carbocycles. The molecule has 6 heteroatoms. The van der Waals surface area contributed by atoms with Crippen LogP contribution < -0.4 is 10.2 Å². The number of anilines is 1. The molecule has 6 nitrogen and oxygen atoms in total. The van der Waals surface area contributed by atoms with Crippen LogP contribution in [0, 0.1) is 0 Å². The first-order valence-corrected chi connectivity index (χ1v) is 6.96. The summed E-state index contributed by atoms with van der Waals surface area (Å²) in [5.74, 6) is -0.984. The van der Waals surface area contributed by atoms with Crippen LogP contribution in [0.25, 0.3) is 0 Å². The fourth-order valence-corrected chi connectivity index (χ4v) is 2.34. The number of benzene rings is 1. The van der Waals surface area contributed by atoms with Crippen LogP contribution in [-0.4, -0.2) is 54.7 Å². The number of likely N-dealkylation sites (N-methyl/N-ethyl adjacent to an activating group) is 1. The van der Waals surface area contributed by atoms with Crippen molar-refractivity contribution < 1.29 is 14.7 Å². The number of nitrogens with one attached hydrogen (secondary N) is 1. The van der Waals surface area contributed by atoms with Crippen molar-refractivity contribution in [2.75, 3.05) is 25.5 Å². The minimum Gasteiger partial charge on any atom is -0.480 e. The van der Waals surface area contributed by atoms with Crippen LogP contribution >= 0.6 is 0 Å². The number of rotatable bonds is 4. The molecule has 2 atom stereocenters. The van der Waals surface area contributed by atoms with E-state index >= 15 is 0 Å². The van der Waals surface area contributed by atoms with E-state index in [1.807, 2.05) is 44.1 Å². The van der Waals surface area contributed by atoms with Gasteiger partial charge >= 0.3 is 12.0 Å². The lowest BCUT2D eigenvalue weighted by Crippen LogP contribution is -2.50. The van der Waals surface area contributed by atoms with Crippen molar-refractivity contribution in [1.29, 1.82) is 0 Å². The molecule has 2 amide bonds. The Bertz CT molecular complexity index is 545. The summed E-state index contributed by atoms with van der Waals surface area (Å²) in [5.41, 5.74) is 1.57. The highest BCUT2D eigenvalue weighted by Crippen LogP contribution is 2.32. The van der Waals surface area contributed by atoms with Gasteiger partial charge in [-0.25, -0.2) is 9.59 Å². The third-order valence-corrected chi connectivity index (χ3v) is 3.91. The summed E-state index contributed by atoms with van der Waals surface area (Å²) < 4.78 is 0. The zero-order valence-electron chi connectivity index (χ0n) is 12.5.